The van der Waals surface area contributed by atoms with Crippen molar-refractivity contribution in [2.75, 3.05) is 14.2 Å². The molecule has 0 fully saturated rings. The number of carbonyl (C=O) groups excluding carboxylic acids is 2. The molecule has 2 heterocycles. The number of esters is 2. The van der Waals surface area contributed by atoms with Gasteiger partial charge in [-0.3, -0.25) is 9.36 Å². The molecule has 8 heteroatoms. The van der Waals surface area contributed by atoms with Crippen LogP contribution in [0.4, 0.5) is 0 Å². The molecule has 0 saturated carbocycles. The van der Waals surface area contributed by atoms with E-state index < -0.39 is 18.0 Å². The normalized spacial score (nSPS) is 12.2. The second kappa shape index (κ2) is 5.65. The summed E-state index contributed by atoms with van der Waals surface area (Å²) in [6, 6.07) is -0.791. The fourth-order valence-electron chi connectivity index (χ4n) is 1.98. The molecule has 0 aliphatic carbocycles. The average molecular weight is 310 g/mol. The Morgan fingerprint density at radius 1 is 1.33 bits per heavy atom. The van der Waals surface area contributed by atoms with E-state index in [1.54, 1.807) is 13.8 Å². The van der Waals surface area contributed by atoms with Crippen molar-refractivity contribution in [1.29, 1.82) is 0 Å². The lowest BCUT2D eigenvalue weighted by atomic mass is 10.2. The number of nitrogens with zero attached hydrogens (tertiary/aromatic N) is 2. The highest BCUT2D eigenvalue weighted by molar-refractivity contribution is 7.20. The Labute approximate surface area is 124 Å². The molecule has 2 rings (SSSR count). The van der Waals surface area contributed by atoms with E-state index in [-0.39, 0.29) is 5.56 Å². The van der Waals surface area contributed by atoms with E-state index in [1.807, 2.05) is 0 Å². The molecule has 2 aromatic rings. The predicted octanol–water partition coefficient (Wildman–Crippen LogP) is 1.29. The molecule has 7 nitrogen and oxygen atoms in total. The monoisotopic (exact) mass is 310 g/mol. The molecule has 0 radical (unpaired) electrons. The summed E-state index contributed by atoms with van der Waals surface area (Å²) in [5.74, 6) is -1.05. The number of fused-ring (bicyclic) bond motifs is 1. The predicted molar refractivity (Wildman–Crippen MR) is 76.7 cm³/mol. The third-order valence-corrected chi connectivity index (χ3v) is 4.39. The lowest BCUT2D eigenvalue weighted by molar-refractivity contribution is -0.144. The van der Waals surface area contributed by atoms with Crippen molar-refractivity contribution in [2.45, 2.75) is 19.9 Å². The van der Waals surface area contributed by atoms with Gasteiger partial charge < -0.3 is 9.47 Å². The van der Waals surface area contributed by atoms with Gasteiger partial charge in [-0.15, -0.1) is 11.3 Å². The minimum absolute atomic E-state index is 0.318. The quantitative estimate of drug-likeness (QED) is 0.794. The molecule has 0 bridgehead atoms. The second-order valence-electron chi connectivity index (χ2n) is 4.38. The van der Waals surface area contributed by atoms with Gasteiger partial charge in [0.2, 0.25) is 0 Å². The molecular weight excluding hydrogens is 296 g/mol. The van der Waals surface area contributed by atoms with Gasteiger partial charge in [-0.25, -0.2) is 14.6 Å². The number of aromatic nitrogens is 2. The molecule has 0 N–H and O–H groups in total. The largest absolute Gasteiger partial charge is 0.467 e. The van der Waals surface area contributed by atoms with Crippen molar-refractivity contribution in [3.05, 3.63) is 27.1 Å². The number of ether oxygens (including phenoxy) is 2. The minimum atomic E-state index is -0.791. The maximum Gasteiger partial charge on any atom is 0.348 e. The Morgan fingerprint density at radius 2 is 2.00 bits per heavy atom. The molecule has 2 aromatic heterocycles. The van der Waals surface area contributed by atoms with Crippen LogP contribution in [0.1, 0.15) is 28.2 Å². The summed E-state index contributed by atoms with van der Waals surface area (Å²) < 4.78 is 10.5. The number of hydrogen-bond acceptors (Lipinski definition) is 7. The van der Waals surface area contributed by atoms with Gasteiger partial charge in [0.1, 0.15) is 15.7 Å². The van der Waals surface area contributed by atoms with Crippen molar-refractivity contribution < 1.29 is 19.1 Å². The van der Waals surface area contributed by atoms with Crippen LogP contribution in [0.2, 0.25) is 0 Å². The minimum Gasteiger partial charge on any atom is -0.467 e. The van der Waals surface area contributed by atoms with E-state index in [1.165, 1.54) is 25.1 Å². The van der Waals surface area contributed by atoms with Crippen LogP contribution >= 0.6 is 11.3 Å². The van der Waals surface area contributed by atoms with Crippen LogP contribution in [-0.4, -0.2) is 35.7 Å². The van der Waals surface area contributed by atoms with E-state index in [9.17, 15) is 14.4 Å². The van der Waals surface area contributed by atoms with Gasteiger partial charge in [0.05, 0.1) is 25.9 Å². The first-order valence-corrected chi connectivity index (χ1v) is 6.90. The van der Waals surface area contributed by atoms with Gasteiger partial charge >= 0.3 is 11.9 Å². The maximum atomic E-state index is 12.5. The topological polar surface area (TPSA) is 87.5 Å². The number of methoxy groups -OCH3 is 2. The highest BCUT2D eigenvalue weighted by Crippen LogP contribution is 2.27. The maximum absolute atomic E-state index is 12.5. The van der Waals surface area contributed by atoms with Crippen LogP contribution in [0, 0.1) is 6.92 Å². The van der Waals surface area contributed by atoms with Crippen LogP contribution in [0.3, 0.4) is 0 Å². The van der Waals surface area contributed by atoms with Crippen molar-refractivity contribution in [1.82, 2.24) is 9.55 Å². The molecule has 0 spiro atoms. The molecule has 0 aromatic carbocycles. The summed E-state index contributed by atoms with van der Waals surface area (Å²) in [6.07, 6.45) is 1.28. The Kier molecular flexibility index (Phi) is 4.08. The third kappa shape index (κ3) is 2.42. The first-order chi connectivity index (χ1) is 9.92. The molecule has 1 atom stereocenters. The van der Waals surface area contributed by atoms with Crippen molar-refractivity contribution in [3.63, 3.8) is 0 Å². The van der Waals surface area contributed by atoms with E-state index in [2.05, 4.69) is 14.5 Å². The fourth-order valence-corrected chi connectivity index (χ4v) is 3.04. The highest BCUT2D eigenvalue weighted by atomic mass is 32.1. The van der Waals surface area contributed by atoms with Crippen LogP contribution in [0.5, 0.6) is 0 Å². The van der Waals surface area contributed by atoms with Crippen LogP contribution in [0.25, 0.3) is 10.2 Å². The molecule has 0 amide bonds. The Bertz CT molecular complexity index is 777. The van der Waals surface area contributed by atoms with E-state index in [0.29, 0.717) is 20.7 Å². The van der Waals surface area contributed by atoms with Crippen LogP contribution in [0.15, 0.2) is 11.1 Å². The lowest BCUT2D eigenvalue weighted by Gasteiger charge is -2.11. The van der Waals surface area contributed by atoms with Gasteiger partial charge in [0.15, 0.2) is 0 Å². The zero-order chi connectivity index (χ0) is 15.7. The SMILES string of the molecule is COC(=O)c1sc2ncn([C@@H](C)C(=O)OC)c(=O)c2c1C. The summed E-state index contributed by atoms with van der Waals surface area (Å²) >= 11 is 1.09. The standard InChI is InChI=1S/C13H14N2O5S/c1-6-8-10(21-9(6)13(18)20-4)14-5-15(11(8)16)7(2)12(17)19-3/h5,7H,1-4H3/t7-/m0/s1. The first kappa shape index (κ1) is 15.2. The molecule has 21 heavy (non-hydrogen) atoms. The van der Waals surface area contributed by atoms with E-state index in [4.69, 9.17) is 0 Å². The van der Waals surface area contributed by atoms with Crippen LogP contribution in [-0.2, 0) is 14.3 Å². The molecule has 0 aliphatic rings. The summed E-state index contributed by atoms with van der Waals surface area (Å²) in [5, 5.41) is 0.318. The van der Waals surface area contributed by atoms with Gasteiger partial charge in [0.25, 0.3) is 5.56 Å². The smallest absolute Gasteiger partial charge is 0.348 e. The number of carbonyl (C=O) groups is 2. The highest BCUT2D eigenvalue weighted by Gasteiger charge is 2.23. The van der Waals surface area contributed by atoms with Gasteiger partial charge in [-0.2, -0.15) is 0 Å². The Balaban J connectivity index is 2.68. The molecule has 112 valence electrons. The lowest BCUT2D eigenvalue weighted by Crippen LogP contribution is -2.29. The number of thiophene rings is 1. The average Bonchev–Trinajstić information content (AvgIpc) is 2.83. The van der Waals surface area contributed by atoms with Crippen molar-refractivity contribution in [2.24, 2.45) is 0 Å². The molecule has 0 unspecified atom stereocenters. The van der Waals surface area contributed by atoms with Crippen molar-refractivity contribution >= 4 is 33.5 Å². The number of aryl methyl sites for hydroxylation is 1. The van der Waals surface area contributed by atoms with Crippen LogP contribution < -0.4 is 5.56 Å². The zero-order valence-corrected chi connectivity index (χ0v) is 12.8. The second-order valence-corrected chi connectivity index (χ2v) is 5.38. The van der Waals surface area contributed by atoms with E-state index >= 15 is 0 Å². The summed E-state index contributed by atoms with van der Waals surface area (Å²) in [4.78, 5) is 40.6. The fraction of sp³-hybridized carbons (Fsp3) is 0.385. The Morgan fingerprint density at radius 3 is 2.57 bits per heavy atom. The Hall–Kier alpha value is -2.22. The van der Waals surface area contributed by atoms with Gasteiger partial charge in [-0.05, 0) is 19.4 Å². The summed E-state index contributed by atoms with van der Waals surface area (Å²) in [7, 11) is 2.53. The number of rotatable bonds is 3. The number of hydrogen-bond donors (Lipinski definition) is 0. The zero-order valence-electron chi connectivity index (χ0n) is 12.0. The molecule has 0 saturated heterocycles. The summed E-state index contributed by atoms with van der Waals surface area (Å²) in [5.41, 5.74) is 0.118. The van der Waals surface area contributed by atoms with Gasteiger partial charge in [-0.1, -0.05) is 0 Å². The first-order valence-electron chi connectivity index (χ1n) is 6.08. The summed E-state index contributed by atoms with van der Waals surface area (Å²) in [6.45, 7) is 3.20. The third-order valence-electron chi connectivity index (χ3n) is 3.21. The molecular formula is C13H14N2O5S. The van der Waals surface area contributed by atoms with Gasteiger partial charge in [0, 0.05) is 0 Å². The van der Waals surface area contributed by atoms with E-state index in [0.717, 1.165) is 11.3 Å². The molecule has 0 aliphatic heterocycles. The van der Waals surface area contributed by atoms with Crippen molar-refractivity contribution in [3.8, 4) is 0 Å².